The minimum atomic E-state index is -3.65. The van der Waals surface area contributed by atoms with Gasteiger partial charge in [0.25, 0.3) is 0 Å². The summed E-state index contributed by atoms with van der Waals surface area (Å²) in [6, 6.07) is 12.8. The van der Waals surface area contributed by atoms with E-state index in [4.69, 9.17) is 0 Å². The van der Waals surface area contributed by atoms with Gasteiger partial charge in [-0.05, 0) is 48.2 Å². The molecule has 7 nitrogen and oxygen atoms in total. The second kappa shape index (κ2) is 8.04. The van der Waals surface area contributed by atoms with Crippen LogP contribution in [0, 0.1) is 0 Å². The zero-order valence-corrected chi connectivity index (χ0v) is 17.8. The van der Waals surface area contributed by atoms with Gasteiger partial charge in [-0.3, -0.25) is 4.79 Å². The van der Waals surface area contributed by atoms with Crippen LogP contribution in [0.3, 0.4) is 0 Å². The van der Waals surface area contributed by atoms with Crippen LogP contribution in [0.15, 0.2) is 66.1 Å². The lowest BCUT2D eigenvalue weighted by Crippen LogP contribution is -2.33. The van der Waals surface area contributed by atoms with Gasteiger partial charge in [0.2, 0.25) is 15.9 Å². The van der Waals surface area contributed by atoms with Crippen molar-refractivity contribution < 1.29 is 13.2 Å². The fourth-order valence-electron chi connectivity index (χ4n) is 3.87. The Hall–Kier alpha value is -2.97. The molecule has 156 valence electrons. The second-order valence-electron chi connectivity index (χ2n) is 7.61. The van der Waals surface area contributed by atoms with Crippen LogP contribution in [0.5, 0.6) is 0 Å². The first-order chi connectivity index (χ1) is 14.3. The second-order valence-corrected chi connectivity index (χ2v) is 9.38. The molecule has 30 heavy (non-hydrogen) atoms. The number of anilines is 1. The number of imidazole rings is 1. The molecular weight excluding hydrogens is 400 g/mol. The van der Waals surface area contributed by atoms with E-state index in [1.54, 1.807) is 35.6 Å². The Labute approximate surface area is 176 Å². The third-order valence-electron chi connectivity index (χ3n) is 5.33. The number of hydrogen-bond donors (Lipinski definition) is 1. The Bertz CT molecular complexity index is 1160. The van der Waals surface area contributed by atoms with E-state index in [-0.39, 0.29) is 23.4 Å². The van der Waals surface area contributed by atoms with Gasteiger partial charge in [-0.15, -0.1) is 0 Å². The average molecular weight is 425 g/mol. The van der Waals surface area contributed by atoms with Crippen LogP contribution < -0.4 is 9.62 Å². The molecule has 1 amide bonds. The minimum Gasteiger partial charge on any atom is -0.333 e. The summed E-state index contributed by atoms with van der Waals surface area (Å²) in [5.74, 6) is -0.0357. The Morgan fingerprint density at radius 3 is 2.57 bits per heavy atom. The van der Waals surface area contributed by atoms with Crippen molar-refractivity contribution in [3.8, 4) is 0 Å². The predicted octanol–water partition coefficient (Wildman–Crippen LogP) is 2.71. The molecule has 1 aliphatic heterocycles. The van der Waals surface area contributed by atoms with Gasteiger partial charge in [-0.25, -0.2) is 18.1 Å². The average Bonchev–Trinajstić information content (AvgIpc) is 3.33. The summed E-state index contributed by atoms with van der Waals surface area (Å²) >= 11 is 0. The number of fused-ring (bicyclic) bond motifs is 1. The van der Waals surface area contributed by atoms with Crippen molar-refractivity contribution in [1.29, 1.82) is 0 Å². The molecule has 1 N–H and O–H groups in total. The lowest BCUT2D eigenvalue weighted by Gasteiger charge is -2.20. The molecular formula is C22H24N4O3S. The third kappa shape index (κ3) is 4.15. The summed E-state index contributed by atoms with van der Waals surface area (Å²) in [5, 5.41) is 0. The number of carbonyl (C=O) groups excluding carboxylic acids is 1. The quantitative estimate of drug-likeness (QED) is 0.659. The molecule has 0 spiro atoms. The Morgan fingerprint density at radius 2 is 1.90 bits per heavy atom. The highest BCUT2D eigenvalue weighted by Gasteiger charge is 2.30. The van der Waals surface area contributed by atoms with Crippen LogP contribution in [0.4, 0.5) is 5.69 Å². The van der Waals surface area contributed by atoms with Crippen LogP contribution in [-0.2, 0) is 34.3 Å². The first-order valence-corrected chi connectivity index (χ1v) is 11.3. The van der Waals surface area contributed by atoms with Gasteiger partial charge < -0.3 is 9.47 Å². The molecule has 0 aliphatic carbocycles. The molecule has 0 radical (unpaired) electrons. The van der Waals surface area contributed by atoms with Gasteiger partial charge in [-0.2, -0.15) is 0 Å². The smallest absolute Gasteiger partial charge is 0.240 e. The highest BCUT2D eigenvalue weighted by atomic mass is 32.2. The Kier molecular flexibility index (Phi) is 5.44. The summed E-state index contributed by atoms with van der Waals surface area (Å²) in [5.41, 5.74) is 3.67. The summed E-state index contributed by atoms with van der Waals surface area (Å²) in [4.78, 5) is 17.8. The summed E-state index contributed by atoms with van der Waals surface area (Å²) in [6.45, 7) is 4.42. The van der Waals surface area contributed by atoms with Crippen LogP contribution in [-0.4, -0.2) is 29.9 Å². The maximum Gasteiger partial charge on any atom is 0.240 e. The number of benzene rings is 2. The molecule has 0 saturated heterocycles. The van der Waals surface area contributed by atoms with E-state index in [1.165, 1.54) is 6.92 Å². The van der Waals surface area contributed by atoms with Crippen molar-refractivity contribution in [2.75, 3.05) is 4.90 Å². The van der Waals surface area contributed by atoms with Crippen molar-refractivity contribution in [2.24, 2.45) is 0 Å². The summed E-state index contributed by atoms with van der Waals surface area (Å²) < 4.78 is 30.2. The first-order valence-electron chi connectivity index (χ1n) is 9.79. The molecule has 3 aromatic rings. The topological polar surface area (TPSA) is 84.3 Å². The third-order valence-corrected chi connectivity index (χ3v) is 6.73. The number of rotatable bonds is 6. The fraction of sp³-hybridized carbons (Fsp3) is 0.273. The maximum absolute atomic E-state index is 12.8. The summed E-state index contributed by atoms with van der Waals surface area (Å²) in [7, 11) is -3.65. The number of aromatic nitrogens is 2. The predicted molar refractivity (Wildman–Crippen MR) is 115 cm³/mol. The molecule has 8 heteroatoms. The van der Waals surface area contributed by atoms with E-state index in [9.17, 15) is 13.2 Å². The monoisotopic (exact) mass is 424 g/mol. The molecule has 0 fully saturated rings. The number of sulfonamides is 1. The van der Waals surface area contributed by atoms with E-state index in [2.05, 4.69) is 9.71 Å². The van der Waals surface area contributed by atoms with Crippen molar-refractivity contribution in [3.63, 3.8) is 0 Å². The van der Waals surface area contributed by atoms with Gasteiger partial charge in [0.1, 0.15) is 0 Å². The molecule has 4 rings (SSSR count). The highest BCUT2D eigenvalue weighted by Crippen LogP contribution is 2.33. The van der Waals surface area contributed by atoms with Crippen molar-refractivity contribution in [3.05, 3.63) is 77.9 Å². The lowest BCUT2D eigenvalue weighted by atomic mass is 10.1. The number of nitrogens with one attached hydrogen (secondary N) is 1. The van der Waals surface area contributed by atoms with Crippen molar-refractivity contribution >= 4 is 21.6 Å². The molecule has 0 unspecified atom stereocenters. The van der Waals surface area contributed by atoms with Crippen LogP contribution in [0.1, 0.15) is 30.5 Å². The number of nitrogens with zero attached hydrogens (tertiary/aromatic N) is 3. The number of carbonyl (C=O) groups is 1. The first kappa shape index (κ1) is 20.3. The zero-order valence-electron chi connectivity index (χ0n) is 16.9. The van der Waals surface area contributed by atoms with Gasteiger partial charge in [0.05, 0.1) is 11.2 Å². The molecule has 0 saturated carbocycles. The number of hydrogen-bond acceptors (Lipinski definition) is 4. The van der Waals surface area contributed by atoms with E-state index in [0.717, 1.165) is 28.9 Å². The van der Waals surface area contributed by atoms with E-state index in [1.807, 2.05) is 42.0 Å². The molecule has 1 aliphatic rings. The fourth-order valence-corrected chi connectivity index (χ4v) is 4.94. The molecule has 1 aromatic heterocycles. The normalized spacial score (nSPS) is 15.9. The Balaban J connectivity index is 1.44. The largest absolute Gasteiger partial charge is 0.333 e. The minimum absolute atomic E-state index is 0.0317. The number of amides is 1. The standard InChI is InChI=1S/C22H24N4O3S/c1-16-11-20-12-21(7-8-22(20)26(16)17(2)27)30(28,29)24-13-18-3-5-19(6-4-18)14-25-10-9-23-15-25/h3-10,12,15-16,24H,11,13-14H2,1-2H3/t16-/m1/s1. The van der Waals surface area contributed by atoms with Gasteiger partial charge >= 0.3 is 0 Å². The van der Waals surface area contributed by atoms with E-state index < -0.39 is 10.0 Å². The van der Waals surface area contributed by atoms with Crippen LogP contribution in [0.2, 0.25) is 0 Å². The van der Waals surface area contributed by atoms with Crippen molar-refractivity contribution in [1.82, 2.24) is 14.3 Å². The van der Waals surface area contributed by atoms with E-state index in [0.29, 0.717) is 6.42 Å². The van der Waals surface area contributed by atoms with Crippen molar-refractivity contribution in [2.45, 2.75) is 44.3 Å². The zero-order chi connectivity index (χ0) is 21.3. The van der Waals surface area contributed by atoms with Crippen LogP contribution >= 0.6 is 0 Å². The SMILES string of the molecule is CC(=O)N1c2ccc(S(=O)(=O)NCc3ccc(Cn4ccnc4)cc3)cc2C[C@H]1C. The Morgan fingerprint density at radius 1 is 1.17 bits per heavy atom. The summed E-state index contributed by atoms with van der Waals surface area (Å²) in [6.07, 6.45) is 6.04. The maximum atomic E-state index is 12.8. The highest BCUT2D eigenvalue weighted by molar-refractivity contribution is 7.89. The molecule has 0 bridgehead atoms. The molecule has 2 aromatic carbocycles. The van der Waals surface area contributed by atoms with Gasteiger partial charge in [0.15, 0.2) is 0 Å². The van der Waals surface area contributed by atoms with Gasteiger partial charge in [-0.1, -0.05) is 24.3 Å². The van der Waals surface area contributed by atoms with E-state index >= 15 is 0 Å². The molecule has 2 heterocycles. The molecule has 1 atom stereocenters. The van der Waals surface area contributed by atoms with Crippen LogP contribution in [0.25, 0.3) is 0 Å². The van der Waals surface area contributed by atoms with Gasteiger partial charge in [0, 0.05) is 44.1 Å². The lowest BCUT2D eigenvalue weighted by molar-refractivity contribution is -0.116.